The van der Waals surface area contributed by atoms with Crippen molar-refractivity contribution in [2.24, 2.45) is 0 Å². The van der Waals surface area contributed by atoms with Gasteiger partial charge in [0.1, 0.15) is 5.54 Å². The number of carboxylic acid groups (broad SMARTS) is 1. The molecule has 0 saturated heterocycles. The Kier molecular flexibility index (Phi) is 8.96. The third-order valence-electron chi connectivity index (χ3n) is 3.70. The summed E-state index contributed by atoms with van der Waals surface area (Å²) >= 11 is 0. The van der Waals surface area contributed by atoms with E-state index in [9.17, 15) is 14.7 Å². The number of carboxylic acids is 1. The molecule has 0 aromatic rings. The second kappa shape index (κ2) is 9.57. The number of nitrogens with one attached hydrogen (secondary N) is 1. The Morgan fingerprint density at radius 3 is 2.19 bits per heavy atom. The molecule has 1 unspecified atom stereocenters. The van der Waals surface area contributed by atoms with Crippen LogP contribution in [0.1, 0.15) is 33.6 Å². The molecule has 0 rings (SSSR count). The first-order chi connectivity index (χ1) is 9.88. The van der Waals surface area contributed by atoms with Crippen LogP contribution in [-0.4, -0.2) is 67.6 Å². The van der Waals surface area contributed by atoms with E-state index in [0.717, 1.165) is 0 Å². The predicted octanol–water partition coefficient (Wildman–Crippen LogP) is 1.32. The number of hydrogen-bond acceptors (Lipinski definition) is 4. The summed E-state index contributed by atoms with van der Waals surface area (Å²) in [5.41, 5.74) is -1.24. The van der Waals surface area contributed by atoms with Gasteiger partial charge in [0.25, 0.3) is 0 Å². The van der Waals surface area contributed by atoms with Gasteiger partial charge in [0, 0.05) is 20.8 Å². The van der Waals surface area contributed by atoms with Crippen molar-refractivity contribution in [2.45, 2.75) is 45.2 Å². The molecule has 0 saturated carbocycles. The van der Waals surface area contributed by atoms with Crippen LogP contribution in [0.4, 0.5) is 4.79 Å². The molecule has 0 bridgehead atoms. The van der Waals surface area contributed by atoms with E-state index in [1.165, 1.54) is 4.90 Å². The second-order valence-electron chi connectivity index (χ2n) is 5.02. The quantitative estimate of drug-likeness (QED) is 0.635. The van der Waals surface area contributed by atoms with E-state index in [2.05, 4.69) is 5.32 Å². The standard InChI is InChI=1S/C14H28N2O5/c1-6-14(7-2,12(17)18)15-13(19)16(8-9-20-4)11(3)10-21-5/h11H,6-10H2,1-5H3,(H,15,19)(H,17,18). The predicted molar refractivity (Wildman–Crippen MR) is 79.4 cm³/mol. The van der Waals surface area contributed by atoms with Crippen LogP contribution in [0.25, 0.3) is 0 Å². The lowest BCUT2D eigenvalue weighted by Crippen LogP contribution is -2.59. The molecular weight excluding hydrogens is 276 g/mol. The van der Waals surface area contributed by atoms with Crippen LogP contribution in [0.15, 0.2) is 0 Å². The van der Waals surface area contributed by atoms with E-state index < -0.39 is 17.5 Å². The molecule has 1 atom stereocenters. The minimum Gasteiger partial charge on any atom is -0.480 e. The van der Waals surface area contributed by atoms with E-state index in [0.29, 0.717) is 32.6 Å². The Labute approximate surface area is 126 Å². The molecule has 2 amide bonds. The molecule has 0 spiro atoms. The Hall–Kier alpha value is -1.34. The van der Waals surface area contributed by atoms with Gasteiger partial charge < -0.3 is 24.8 Å². The van der Waals surface area contributed by atoms with Crippen LogP contribution < -0.4 is 5.32 Å². The zero-order valence-corrected chi connectivity index (χ0v) is 13.6. The smallest absolute Gasteiger partial charge is 0.329 e. The minimum atomic E-state index is -1.24. The summed E-state index contributed by atoms with van der Waals surface area (Å²) in [5, 5.41) is 12.0. The van der Waals surface area contributed by atoms with Gasteiger partial charge in [-0.2, -0.15) is 0 Å². The number of carbonyl (C=O) groups is 2. The summed E-state index contributed by atoms with van der Waals surface area (Å²) in [6, 6.07) is -0.590. The Morgan fingerprint density at radius 1 is 1.24 bits per heavy atom. The molecule has 0 aromatic carbocycles. The summed E-state index contributed by atoms with van der Waals surface area (Å²) in [4.78, 5) is 25.4. The fourth-order valence-corrected chi connectivity index (χ4v) is 2.10. The van der Waals surface area contributed by atoms with Crippen molar-refractivity contribution < 1.29 is 24.2 Å². The summed E-state index contributed by atoms with van der Waals surface area (Å²) in [5.74, 6) is -1.02. The molecule has 0 aliphatic carbocycles. The number of hydrogen-bond donors (Lipinski definition) is 2. The molecular formula is C14H28N2O5. The Morgan fingerprint density at radius 2 is 1.81 bits per heavy atom. The van der Waals surface area contributed by atoms with E-state index in [4.69, 9.17) is 9.47 Å². The Bertz CT molecular complexity index is 331. The van der Waals surface area contributed by atoms with Crippen molar-refractivity contribution in [3.8, 4) is 0 Å². The van der Waals surface area contributed by atoms with Crippen molar-refractivity contribution in [1.29, 1.82) is 0 Å². The Balaban J connectivity index is 5.05. The number of aliphatic carboxylic acids is 1. The van der Waals surface area contributed by atoms with Crippen LogP contribution in [-0.2, 0) is 14.3 Å². The lowest BCUT2D eigenvalue weighted by Gasteiger charge is -2.34. The number of nitrogens with zero attached hydrogens (tertiary/aromatic N) is 1. The number of ether oxygens (including phenoxy) is 2. The molecule has 7 nitrogen and oxygen atoms in total. The molecule has 0 aromatic heterocycles. The molecule has 0 aliphatic heterocycles. The van der Waals surface area contributed by atoms with Crippen molar-refractivity contribution in [1.82, 2.24) is 10.2 Å². The van der Waals surface area contributed by atoms with Gasteiger partial charge >= 0.3 is 12.0 Å². The number of amides is 2. The van der Waals surface area contributed by atoms with Crippen LogP contribution in [0.2, 0.25) is 0 Å². The largest absolute Gasteiger partial charge is 0.480 e. The first-order valence-corrected chi connectivity index (χ1v) is 7.18. The molecule has 0 aliphatic rings. The van der Waals surface area contributed by atoms with Gasteiger partial charge in [-0.3, -0.25) is 0 Å². The number of urea groups is 1. The maximum atomic E-state index is 12.4. The van der Waals surface area contributed by atoms with Gasteiger partial charge in [-0.1, -0.05) is 13.8 Å². The highest BCUT2D eigenvalue weighted by Crippen LogP contribution is 2.16. The van der Waals surface area contributed by atoms with Crippen LogP contribution in [0, 0.1) is 0 Å². The molecule has 21 heavy (non-hydrogen) atoms. The number of rotatable bonds is 10. The summed E-state index contributed by atoms with van der Waals surface area (Å²) in [6.07, 6.45) is 0.642. The third-order valence-corrected chi connectivity index (χ3v) is 3.70. The summed E-state index contributed by atoms with van der Waals surface area (Å²) in [7, 11) is 3.11. The van der Waals surface area contributed by atoms with Gasteiger partial charge in [0.15, 0.2) is 0 Å². The highest BCUT2D eigenvalue weighted by molar-refractivity contribution is 5.86. The lowest BCUT2D eigenvalue weighted by molar-refractivity contribution is -0.144. The lowest BCUT2D eigenvalue weighted by atomic mass is 9.93. The van der Waals surface area contributed by atoms with Crippen molar-refractivity contribution in [2.75, 3.05) is 34.0 Å². The van der Waals surface area contributed by atoms with Gasteiger partial charge in [-0.25, -0.2) is 9.59 Å². The second-order valence-corrected chi connectivity index (χ2v) is 5.02. The average molecular weight is 304 g/mol. The highest BCUT2D eigenvalue weighted by atomic mass is 16.5. The van der Waals surface area contributed by atoms with Crippen LogP contribution in [0.5, 0.6) is 0 Å². The van der Waals surface area contributed by atoms with Gasteiger partial charge in [-0.05, 0) is 19.8 Å². The van der Waals surface area contributed by atoms with Gasteiger partial charge in [-0.15, -0.1) is 0 Å². The monoisotopic (exact) mass is 304 g/mol. The molecule has 0 heterocycles. The maximum Gasteiger partial charge on any atom is 0.329 e. The van der Waals surface area contributed by atoms with E-state index >= 15 is 0 Å². The minimum absolute atomic E-state index is 0.176. The molecule has 0 radical (unpaired) electrons. The highest BCUT2D eigenvalue weighted by Gasteiger charge is 2.38. The summed E-state index contributed by atoms with van der Waals surface area (Å²) in [6.45, 7) is 6.45. The first-order valence-electron chi connectivity index (χ1n) is 7.18. The number of carbonyl (C=O) groups excluding carboxylic acids is 1. The first kappa shape index (κ1) is 19.7. The molecule has 7 heteroatoms. The van der Waals surface area contributed by atoms with Crippen LogP contribution >= 0.6 is 0 Å². The van der Waals surface area contributed by atoms with E-state index in [-0.39, 0.29) is 6.04 Å². The zero-order valence-electron chi connectivity index (χ0n) is 13.6. The topological polar surface area (TPSA) is 88.1 Å². The normalized spacial score (nSPS) is 12.8. The van der Waals surface area contributed by atoms with Crippen molar-refractivity contribution in [3.05, 3.63) is 0 Å². The summed E-state index contributed by atoms with van der Waals surface area (Å²) < 4.78 is 10.1. The fraction of sp³-hybridized carbons (Fsp3) is 0.857. The average Bonchev–Trinajstić information content (AvgIpc) is 2.45. The maximum absolute atomic E-state index is 12.4. The zero-order chi connectivity index (χ0) is 16.5. The van der Waals surface area contributed by atoms with Gasteiger partial charge in [0.2, 0.25) is 0 Å². The SMILES string of the molecule is CCC(CC)(NC(=O)N(CCOC)C(C)COC)C(=O)O. The van der Waals surface area contributed by atoms with Crippen molar-refractivity contribution in [3.63, 3.8) is 0 Å². The molecule has 2 N–H and O–H groups in total. The van der Waals surface area contributed by atoms with Crippen molar-refractivity contribution >= 4 is 12.0 Å². The van der Waals surface area contributed by atoms with E-state index in [1.807, 2.05) is 6.92 Å². The fourth-order valence-electron chi connectivity index (χ4n) is 2.10. The third kappa shape index (κ3) is 5.51. The van der Waals surface area contributed by atoms with E-state index in [1.54, 1.807) is 28.1 Å². The molecule has 0 fully saturated rings. The molecule has 124 valence electrons. The number of methoxy groups -OCH3 is 2. The van der Waals surface area contributed by atoms with Gasteiger partial charge in [0.05, 0.1) is 19.3 Å². The van der Waals surface area contributed by atoms with Crippen LogP contribution in [0.3, 0.4) is 0 Å².